The van der Waals surface area contributed by atoms with Gasteiger partial charge >= 0.3 is 0 Å². The summed E-state index contributed by atoms with van der Waals surface area (Å²) in [5, 5.41) is 0. The van der Waals surface area contributed by atoms with Crippen molar-refractivity contribution >= 4 is 27.5 Å². The first kappa shape index (κ1) is 18.8. The maximum atomic E-state index is 11.3. The second-order valence-electron chi connectivity index (χ2n) is 7.55. The van der Waals surface area contributed by atoms with Gasteiger partial charge in [0.2, 0.25) is 10.0 Å². The molecule has 27 heavy (non-hydrogen) atoms. The summed E-state index contributed by atoms with van der Waals surface area (Å²) in [5.41, 5.74) is 2.04. The molecule has 0 aliphatic carbocycles. The predicted octanol–water partition coefficient (Wildman–Crippen LogP) is 4.90. The highest BCUT2D eigenvalue weighted by Crippen LogP contribution is 2.40. The van der Waals surface area contributed by atoms with Gasteiger partial charge in [-0.2, -0.15) is 0 Å². The van der Waals surface area contributed by atoms with E-state index < -0.39 is 10.0 Å². The van der Waals surface area contributed by atoms with E-state index in [0.29, 0.717) is 11.7 Å². The Balaban J connectivity index is 1.42. The molecule has 2 unspecified atom stereocenters. The molecular formula is C21H26N2O2S2. The molecule has 0 aromatic heterocycles. The fourth-order valence-electron chi connectivity index (χ4n) is 4.35. The average molecular weight is 403 g/mol. The van der Waals surface area contributed by atoms with E-state index in [9.17, 15) is 8.42 Å². The fraction of sp³-hybridized carbons (Fsp3) is 0.429. The van der Waals surface area contributed by atoms with Crippen molar-refractivity contribution in [2.75, 3.05) is 17.5 Å². The third-order valence-electron chi connectivity index (χ3n) is 5.50. The van der Waals surface area contributed by atoms with Gasteiger partial charge in [0.05, 0.1) is 6.26 Å². The summed E-state index contributed by atoms with van der Waals surface area (Å²) in [5.74, 6) is 0. The quantitative estimate of drug-likeness (QED) is 0.773. The largest absolute Gasteiger partial charge is 0.293 e. The van der Waals surface area contributed by atoms with Crippen molar-refractivity contribution < 1.29 is 8.42 Å². The third-order valence-corrected chi connectivity index (χ3v) is 7.12. The summed E-state index contributed by atoms with van der Waals surface area (Å²) in [6.45, 7) is 1.25. The fourth-order valence-corrected chi connectivity index (χ4v) is 5.73. The summed E-state index contributed by atoms with van der Waals surface area (Å²) in [6, 6.07) is 17.9. The average Bonchev–Trinajstić information content (AvgIpc) is 3.12. The molecule has 2 fully saturated rings. The Morgan fingerprint density at radius 2 is 1.56 bits per heavy atom. The minimum Gasteiger partial charge on any atom is -0.293 e. The van der Waals surface area contributed by atoms with Crippen molar-refractivity contribution in [3.63, 3.8) is 0 Å². The molecule has 2 atom stereocenters. The van der Waals surface area contributed by atoms with Gasteiger partial charge < -0.3 is 0 Å². The Bertz CT molecular complexity index is 879. The number of benzene rings is 2. The van der Waals surface area contributed by atoms with Crippen LogP contribution in [0, 0.1) is 0 Å². The molecule has 0 spiro atoms. The van der Waals surface area contributed by atoms with Gasteiger partial charge in [0, 0.05) is 27.6 Å². The highest BCUT2D eigenvalue weighted by atomic mass is 32.2. The maximum absolute atomic E-state index is 11.3. The number of anilines is 1. The Labute approximate surface area is 166 Å². The van der Waals surface area contributed by atoms with Crippen LogP contribution in [-0.4, -0.2) is 32.2 Å². The molecule has 0 saturated carbocycles. The summed E-state index contributed by atoms with van der Waals surface area (Å²) >= 11 is 1.70. The van der Waals surface area contributed by atoms with E-state index >= 15 is 0 Å². The number of nitrogens with zero attached hydrogens (tertiary/aromatic N) is 1. The molecule has 1 N–H and O–H groups in total. The van der Waals surface area contributed by atoms with E-state index in [-0.39, 0.29) is 0 Å². The molecule has 2 saturated heterocycles. The number of rotatable bonds is 5. The van der Waals surface area contributed by atoms with Gasteiger partial charge in [-0.25, -0.2) is 8.42 Å². The molecule has 2 aromatic rings. The lowest BCUT2D eigenvalue weighted by Gasteiger charge is -2.38. The van der Waals surface area contributed by atoms with Crippen LogP contribution < -0.4 is 4.72 Å². The lowest BCUT2D eigenvalue weighted by molar-refractivity contribution is 0.123. The van der Waals surface area contributed by atoms with E-state index in [0.717, 1.165) is 17.2 Å². The zero-order valence-electron chi connectivity index (χ0n) is 15.6. The van der Waals surface area contributed by atoms with Gasteiger partial charge in [-0.1, -0.05) is 23.9 Å². The lowest BCUT2D eigenvalue weighted by atomic mass is 9.92. The number of sulfonamides is 1. The number of hydrogen-bond acceptors (Lipinski definition) is 4. The molecule has 0 radical (unpaired) electrons. The Morgan fingerprint density at radius 1 is 0.926 bits per heavy atom. The molecule has 144 valence electrons. The monoisotopic (exact) mass is 402 g/mol. The van der Waals surface area contributed by atoms with Gasteiger partial charge in [0.1, 0.15) is 0 Å². The Morgan fingerprint density at radius 3 is 2.22 bits per heavy atom. The highest BCUT2D eigenvalue weighted by Gasteiger charge is 2.34. The lowest BCUT2D eigenvalue weighted by Crippen LogP contribution is -2.37. The van der Waals surface area contributed by atoms with E-state index in [1.807, 2.05) is 12.1 Å². The van der Waals surface area contributed by atoms with Gasteiger partial charge in [-0.05, 0) is 80.6 Å². The minimum absolute atomic E-state index is 0.589. The normalized spacial score (nSPS) is 23.1. The summed E-state index contributed by atoms with van der Waals surface area (Å²) < 4.78 is 25.1. The smallest absolute Gasteiger partial charge is 0.229 e. The summed E-state index contributed by atoms with van der Waals surface area (Å²) in [6.07, 6.45) is 7.87. The van der Waals surface area contributed by atoms with E-state index in [1.54, 1.807) is 23.9 Å². The molecule has 2 aliphatic heterocycles. The first-order chi connectivity index (χ1) is 13.0. The van der Waals surface area contributed by atoms with Crippen molar-refractivity contribution in [1.29, 1.82) is 0 Å². The van der Waals surface area contributed by atoms with Gasteiger partial charge in [-0.3, -0.25) is 9.62 Å². The van der Waals surface area contributed by atoms with E-state index in [2.05, 4.69) is 33.9 Å². The molecule has 2 heterocycles. The molecule has 6 heteroatoms. The van der Waals surface area contributed by atoms with Gasteiger partial charge in [0.15, 0.2) is 0 Å². The second kappa shape index (κ2) is 7.86. The first-order valence-corrected chi connectivity index (χ1v) is 12.3. The van der Waals surface area contributed by atoms with Crippen molar-refractivity contribution in [2.45, 2.75) is 54.0 Å². The summed E-state index contributed by atoms with van der Waals surface area (Å²) in [4.78, 5) is 5.02. The van der Waals surface area contributed by atoms with Crippen LogP contribution in [0.4, 0.5) is 5.69 Å². The van der Waals surface area contributed by atoms with Crippen LogP contribution in [0.15, 0.2) is 58.3 Å². The van der Waals surface area contributed by atoms with Crippen LogP contribution in [0.3, 0.4) is 0 Å². The maximum Gasteiger partial charge on any atom is 0.229 e. The zero-order valence-corrected chi connectivity index (χ0v) is 17.2. The van der Waals surface area contributed by atoms with E-state index in [4.69, 9.17) is 0 Å². The molecule has 2 aliphatic rings. The first-order valence-electron chi connectivity index (χ1n) is 9.59. The molecular weight excluding hydrogens is 376 g/mol. The second-order valence-corrected chi connectivity index (χ2v) is 10.4. The zero-order chi connectivity index (χ0) is 18.9. The van der Waals surface area contributed by atoms with Crippen LogP contribution in [0.2, 0.25) is 0 Å². The van der Waals surface area contributed by atoms with Crippen molar-refractivity contribution in [3.05, 3.63) is 54.1 Å². The summed E-state index contributed by atoms with van der Waals surface area (Å²) in [7, 11) is -3.23. The number of hydrogen-bond donors (Lipinski definition) is 1. The van der Waals surface area contributed by atoms with Crippen LogP contribution in [0.25, 0.3) is 0 Å². The Hall–Kier alpha value is -1.50. The van der Waals surface area contributed by atoms with Crippen LogP contribution in [-0.2, 0) is 10.0 Å². The Kier molecular flexibility index (Phi) is 5.48. The van der Waals surface area contributed by atoms with Gasteiger partial charge in [-0.15, -0.1) is 0 Å². The molecule has 4 rings (SSSR count). The molecule has 0 bridgehead atoms. The predicted molar refractivity (Wildman–Crippen MR) is 112 cm³/mol. The number of fused-ring (bicyclic) bond motifs is 1. The van der Waals surface area contributed by atoms with Gasteiger partial charge in [0.25, 0.3) is 0 Å². The number of nitrogens with one attached hydrogen (secondary N) is 1. The topological polar surface area (TPSA) is 49.4 Å². The van der Waals surface area contributed by atoms with E-state index in [1.165, 1.54) is 49.1 Å². The van der Waals surface area contributed by atoms with Crippen LogP contribution in [0.1, 0.15) is 43.7 Å². The number of piperidine rings is 1. The third kappa shape index (κ3) is 4.68. The van der Waals surface area contributed by atoms with Crippen molar-refractivity contribution in [1.82, 2.24) is 4.90 Å². The molecule has 2 aromatic carbocycles. The standard InChI is InChI=1S/C21H26N2O2S2/c1-27(24,25)22-17-9-13-20(14-10-17)26-19-11-7-16(8-12-19)21-6-2-4-18-5-3-15-23(18)21/h7-14,18,21-22H,2-6,15H2,1H3. The minimum atomic E-state index is -3.23. The van der Waals surface area contributed by atoms with Crippen LogP contribution in [0.5, 0.6) is 0 Å². The SMILES string of the molecule is CS(=O)(=O)Nc1ccc(Sc2ccc(C3CCCC4CCCN43)cc2)cc1. The molecule has 4 nitrogen and oxygen atoms in total. The van der Waals surface area contributed by atoms with Crippen LogP contribution >= 0.6 is 11.8 Å². The van der Waals surface area contributed by atoms with Crippen molar-refractivity contribution in [2.24, 2.45) is 0 Å². The molecule has 0 amide bonds. The van der Waals surface area contributed by atoms with Crippen molar-refractivity contribution in [3.8, 4) is 0 Å². The highest BCUT2D eigenvalue weighted by molar-refractivity contribution is 7.99.